The van der Waals surface area contributed by atoms with Crippen LogP contribution in [0.4, 0.5) is 0 Å². The lowest BCUT2D eigenvalue weighted by Gasteiger charge is -2.37. The molecule has 1 saturated carbocycles. The van der Waals surface area contributed by atoms with Gasteiger partial charge in [0.25, 0.3) is 0 Å². The molecule has 1 aliphatic carbocycles. The molecule has 3 rings (SSSR count). The third-order valence-corrected chi connectivity index (χ3v) is 4.41. The fraction of sp³-hybridized carbons (Fsp3) is 1.00. The number of rotatable bonds is 5. The molecule has 0 spiro atoms. The van der Waals surface area contributed by atoms with Crippen LogP contribution in [0.1, 0.15) is 25.7 Å². The Morgan fingerprint density at radius 2 is 2.00 bits per heavy atom. The van der Waals surface area contributed by atoms with Gasteiger partial charge in [0.1, 0.15) is 0 Å². The first-order valence-corrected chi connectivity index (χ1v) is 7.09. The Balaban J connectivity index is 1.32. The quantitative estimate of drug-likeness (QED) is 0.695. The van der Waals surface area contributed by atoms with Crippen LogP contribution in [0.25, 0.3) is 0 Å². The molecule has 3 nitrogen and oxygen atoms in total. The molecule has 0 aromatic heterocycles. The lowest BCUT2D eigenvalue weighted by Crippen LogP contribution is -2.51. The average molecular weight is 223 g/mol. The Hall–Kier alpha value is -0.120. The minimum atomic E-state index is 0.886. The number of piperazine rings is 1. The molecule has 3 aliphatic rings. The fourth-order valence-corrected chi connectivity index (χ4v) is 3.12. The maximum Gasteiger partial charge on any atom is 0.0224 e. The number of nitrogens with one attached hydrogen (secondary N) is 1. The highest BCUT2D eigenvalue weighted by Crippen LogP contribution is 2.27. The summed E-state index contributed by atoms with van der Waals surface area (Å²) in [6.45, 7) is 9.02. The molecule has 92 valence electrons. The van der Waals surface area contributed by atoms with Gasteiger partial charge in [0.15, 0.2) is 0 Å². The van der Waals surface area contributed by atoms with E-state index < -0.39 is 0 Å². The number of hydrogen-bond acceptors (Lipinski definition) is 3. The van der Waals surface area contributed by atoms with Gasteiger partial charge in [-0.1, -0.05) is 0 Å². The van der Waals surface area contributed by atoms with Gasteiger partial charge < -0.3 is 5.32 Å². The summed E-state index contributed by atoms with van der Waals surface area (Å²) in [5.41, 5.74) is 0. The van der Waals surface area contributed by atoms with Gasteiger partial charge in [-0.05, 0) is 44.7 Å². The van der Waals surface area contributed by atoms with Crippen molar-refractivity contribution < 1.29 is 0 Å². The largest absolute Gasteiger partial charge is 0.315 e. The summed E-state index contributed by atoms with van der Waals surface area (Å²) < 4.78 is 0. The second kappa shape index (κ2) is 5.03. The van der Waals surface area contributed by atoms with Crippen molar-refractivity contribution in [1.82, 2.24) is 15.1 Å². The topological polar surface area (TPSA) is 18.5 Å². The van der Waals surface area contributed by atoms with Gasteiger partial charge in [-0.3, -0.25) is 9.80 Å². The lowest BCUT2D eigenvalue weighted by molar-refractivity contribution is 0.105. The first kappa shape index (κ1) is 11.0. The van der Waals surface area contributed by atoms with Crippen molar-refractivity contribution in [2.75, 3.05) is 45.8 Å². The van der Waals surface area contributed by atoms with Crippen LogP contribution in [-0.2, 0) is 0 Å². The van der Waals surface area contributed by atoms with E-state index in [1.807, 2.05) is 0 Å². The van der Waals surface area contributed by atoms with Crippen molar-refractivity contribution in [2.24, 2.45) is 5.92 Å². The zero-order valence-electron chi connectivity index (χ0n) is 10.3. The maximum atomic E-state index is 3.60. The van der Waals surface area contributed by atoms with E-state index in [9.17, 15) is 0 Å². The first-order valence-electron chi connectivity index (χ1n) is 7.09. The van der Waals surface area contributed by atoms with Crippen LogP contribution in [0, 0.1) is 5.92 Å². The maximum absolute atomic E-state index is 3.60. The second-order valence-corrected chi connectivity index (χ2v) is 5.78. The zero-order chi connectivity index (χ0) is 10.8. The highest BCUT2D eigenvalue weighted by molar-refractivity contribution is 4.87. The molecule has 3 fully saturated rings. The molecule has 2 saturated heterocycles. The lowest BCUT2D eigenvalue weighted by atomic mass is 10.1. The monoisotopic (exact) mass is 223 g/mol. The minimum Gasteiger partial charge on any atom is -0.315 e. The van der Waals surface area contributed by atoms with Crippen molar-refractivity contribution in [1.29, 1.82) is 0 Å². The van der Waals surface area contributed by atoms with Crippen molar-refractivity contribution in [3.8, 4) is 0 Å². The number of nitrogens with zero attached hydrogens (tertiary/aromatic N) is 2. The molecular weight excluding hydrogens is 198 g/mol. The van der Waals surface area contributed by atoms with Crippen LogP contribution in [0.3, 0.4) is 0 Å². The van der Waals surface area contributed by atoms with Crippen LogP contribution < -0.4 is 5.32 Å². The van der Waals surface area contributed by atoms with Gasteiger partial charge >= 0.3 is 0 Å². The van der Waals surface area contributed by atoms with Crippen LogP contribution >= 0.6 is 0 Å². The van der Waals surface area contributed by atoms with Crippen molar-refractivity contribution >= 4 is 0 Å². The van der Waals surface area contributed by atoms with Crippen molar-refractivity contribution in [3.63, 3.8) is 0 Å². The molecular formula is C13H25N3. The summed E-state index contributed by atoms with van der Waals surface area (Å²) in [4.78, 5) is 5.35. The van der Waals surface area contributed by atoms with E-state index in [4.69, 9.17) is 0 Å². The molecule has 2 heterocycles. The van der Waals surface area contributed by atoms with Gasteiger partial charge in [0, 0.05) is 38.8 Å². The van der Waals surface area contributed by atoms with Crippen LogP contribution in [0.15, 0.2) is 0 Å². The molecule has 0 radical (unpaired) electrons. The van der Waals surface area contributed by atoms with E-state index in [0.29, 0.717) is 0 Å². The Morgan fingerprint density at radius 3 is 2.88 bits per heavy atom. The highest BCUT2D eigenvalue weighted by atomic mass is 15.3. The molecule has 0 amide bonds. The first-order chi connectivity index (χ1) is 7.92. The van der Waals surface area contributed by atoms with Gasteiger partial charge in [-0.25, -0.2) is 0 Å². The van der Waals surface area contributed by atoms with Crippen LogP contribution in [0.2, 0.25) is 0 Å². The fourth-order valence-electron chi connectivity index (χ4n) is 3.12. The molecule has 0 aromatic rings. The van der Waals surface area contributed by atoms with Crippen molar-refractivity contribution in [3.05, 3.63) is 0 Å². The molecule has 1 unspecified atom stereocenters. The van der Waals surface area contributed by atoms with E-state index in [1.165, 1.54) is 71.5 Å². The Morgan fingerprint density at radius 1 is 1.06 bits per heavy atom. The van der Waals surface area contributed by atoms with Gasteiger partial charge in [0.05, 0.1) is 0 Å². The normalized spacial score (nSPS) is 31.9. The van der Waals surface area contributed by atoms with E-state index in [0.717, 1.165) is 12.0 Å². The average Bonchev–Trinajstić information content (AvgIpc) is 3.01. The second-order valence-electron chi connectivity index (χ2n) is 5.78. The standard InChI is InChI=1S/C13H25N3/c1-2-13-11-15(8-9-16(13)6-1)7-5-14-10-12-3-4-12/h12-14H,1-11H2. The van der Waals surface area contributed by atoms with E-state index in [1.54, 1.807) is 0 Å². The third kappa shape index (κ3) is 2.76. The summed E-state index contributed by atoms with van der Waals surface area (Å²) in [5, 5.41) is 3.60. The van der Waals surface area contributed by atoms with Crippen LogP contribution in [-0.4, -0.2) is 61.7 Å². The smallest absolute Gasteiger partial charge is 0.0224 e. The minimum absolute atomic E-state index is 0.886. The summed E-state index contributed by atoms with van der Waals surface area (Å²) in [7, 11) is 0. The zero-order valence-corrected chi connectivity index (χ0v) is 10.3. The molecule has 0 bridgehead atoms. The van der Waals surface area contributed by atoms with E-state index in [-0.39, 0.29) is 0 Å². The molecule has 0 aromatic carbocycles. The van der Waals surface area contributed by atoms with E-state index in [2.05, 4.69) is 15.1 Å². The molecule has 1 N–H and O–H groups in total. The Labute approximate surface area is 99.2 Å². The highest BCUT2D eigenvalue weighted by Gasteiger charge is 2.30. The molecule has 1 atom stereocenters. The summed E-state index contributed by atoms with van der Waals surface area (Å²) >= 11 is 0. The number of fused-ring (bicyclic) bond motifs is 1. The predicted octanol–water partition coefficient (Wildman–Crippen LogP) is 0.766. The molecule has 16 heavy (non-hydrogen) atoms. The van der Waals surface area contributed by atoms with Gasteiger partial charge in [-0.15, -0.1) is 0 Å². The van der Waals surface area contributed by atoms with Gasteiger partial charge in [0.2, 0.25) is 0 Å². The summed E-state index contributed by atoms with van der Waals surface area (Å²) in [6, 6.07) is 0.886. The summed E-state index contributed by atoms with van der Waals surface area (Å²) in [6.07, 6.45) is 5.80. The summed E-state index contributed by atoms with van der Waals surface area (Å²) in [5.74, 6) is 1.02. The van der Waals surface area contributed by atoms with Crippen LogP contribution in [0.5, 0.6) is 0 Å². The predicted molar refractivity (Wildman–Crippen MR) is 66.6 cm³/mol. The SMILES string of the molecule is C1CC2CN(CCNCC3CC3)CCN2C1. The molecule has 2 aliphatic heterocycles. The Kier molecular flexibility index (Phi) is 3.46. The van der Waals surface area contributed by atoms with E-state index >= 15 is 0 Å². The number of hydrogen-bond donors (Lipinski definition) is 1. The third-order valence-electron chi connectivity index (χ3n) is 4.41. The van der Waals surface area contributed by atoms with Gasteiger partial charge in [-0.2, -0.15) is 0 Å². The molecule has 3 heteroatoms. The van der Waals surface area contributed by atoms with Crippen molar-refractivity contribution in [2.45, 2.75) is 31.7 Å². The Bertz CT molecular complexity index is 227.